The molecule has 1 aromatic heterocycles. The molecule has 4 nitrogen and oxygen atoms in total. The Balaban J connectivity index is 1.73. The van der Waals surface area contributed by atoms with E-state index in [1.54, 1.807) is 6.26 Å². The number of nitrogens with zero attached hydrogens (tertiary/aromatic N) is 2. The third-order valence-corrected chi connectivity index (χ3v) is 2.95. The summed E-state index contributed by atoms with van der Waals surface area (Å²) in [7, 11) is 0. The summed E-state index contributed by atoms with van der Waals surface area (Å²) in [6.45, 7) is 7.69. The minimum atomic E-state index is -0.225. The number of aliphatic hydroxyl groups is 1. The Hall–Kier alpha value is -0.840. The predicted molar refractivity (Wildman–Crippen MR) is 62.1 cm³/mol. The van der Waals surface area contributed by atoms with Gasteiger partial charge < -0.3 is 9.52 Å². The van der Waals surface area contributed by atoms with Crippen molar-refractivity contribution in [3.8, 4) is 0 Å². The smallest absolute Gasteiger partial charge is 0.117 e. The monoisotopic (exact) mass is 224 g/mol. The second-order valence-corrected chi connectivity index (χ2v) is 4.51. The summed E-state index contributed by atoms with van der Waals surface area (Å²) in [5, 5.41) is 9.31. The maximum Gasteiger partial charge on any atom is 0.117 e. The highest BCUT2D eigenvalue weighted by molar-refractivity contribution is 4.98. The first-order chi connectivity index (χ1) is 7.74. The Kier molecular flexibility index (Phi) is 3.98. The molecule has 1 aromatic rings. The lowest BCUT2D eigenvalue weighted by Crippen LogP contribution is -2.47. The van der Waals surface area contributed by atoms with E-state index in [4.69, 9.17) is 4.42 Å². The van der Waals surface area contributed by atoms with Crippen LogP contribution in [0.15, 0.2) is 22.8 Å². The third-order valence-electron chi connectivity index (χ3n) is 2.95. The largest absolute Gasteiger partial charge is 0.468 e. The third kappa shape index (κ3) is 3.33. The van der Waals surface area contributed by atoms with Crippen LogP contribution in [0.2, 0.25) is 0 Å². The molecule has 0 aromatic carbocycles. The number of rotatable bonds is 4. The fraction of sp³-hybridized carbons (Fsp3) is 0.667. The van der Waals surface area contributed by atoms with E-state index in [-0.39, 0.29) is 6.10 Å². The summed E-state index contributed by atoms with van der Waals surface area (Å²) < 4.78 is 5.33. The number of piperazine rings is 1. The van der Waals surface area contributed by atoms with Gasteiger partial charge in [-0.15, -0.1) is 0 Å². The highest BCUT2D eigenvalue weighted by Crippen LogP contribution is 2.09. The van der Waals surface area contributed by atoms with Crippen LogP contribution in [0.3, 0.4) is 0 Å². The van der Waals surface area contributed by atoms with Crippen LogP contribution in [-0.4, -0.2) is 53.7 Å². The summed E-state index contributed by atoms with van der Waals surface area (Å²) in [5.74, 6) is 1.03. The van der Waals surface area contributed by atoms with Gasteiger partial charge in [-0.2, -0.15) is 0 Å². The lowest BCUT2D eigenvalue weighted by molar-refractivity contribution is 0.0754. The first kappa shape index (κ1) is 11.6. The molecule has 16 heavy (non-hydrogen) atoms. The van der Waals surface area contributed by atoms with E-state index in [0.717, 1.165) is 45.0 Å². The maximum atomic E-state index is 9.31. The highest BCUT2D eigenvalue weighted by atomic mass is 16.3. The van der Waals surface area contributed by atoms with Gasteiger partial charge >= 0.3 is 0 Å². The van der Waals surface area contributed by atoms with Crippen molar-refractivity contribution < 1.29 is 9.52 Å². The fourth-order valence-electron chi connectivity index (χ4n) is 2.13. The first-order valence-corrected chi connectivity index (χ1v) is 5.89. The second-order valence-electron chi connectivity index (χ2n) is 4.51. The number of hydrogen-bond acceptors (Lipinski definition) is 4. The van der Waals surface area contributed by atoms with Crippen LogP contribution in [0, 0.1) is 0 Å². The summed E-state index contributed by atoms with van der Waals surface area (Å²) >= 11 is 0. The van der Waals surface area contributed by atoms with Gasteiger partial charge in [0.1, 0.15) is 5.76 Å². The molecule has 2 rings (SSSR count). The molecule has 1 saturated heterocycles. The van der Waals surface area contributed by atoms with Crippen molar-refractivity contribution in [2.45, 2.75) is 19.6 Å². The van der Waals surface area contributed by atoms with E-state index in [1.165, 1.54) is 0 Å². The molecule has 0 amide bonds. The normalized spacial score (nSPS) is 21.1. The van der Waals surface area contributed by atoms with Crippen molar-refractivity contribution in [3.05, 3.63) is 24.2 Å². The molecule has 0 saturated carbocycles. The molecule has 1 N–H and O–H groups in total. The predicted octanol–water partition coefficient (Wildman–Crippen LogP) is 0.778. The Bertz CT molecular complexity index is 290. The molecule has 90 valence electrons. The molecule has 0 radical (unpaired) electrons. The van der Waals surface area contributed by atoms with E-state index in [9.17, 15) is 5.11 Å². The van der Waals surface area contributed by atoms with Gasteiger partial charge in [-0.05, 0) is 19.1 Å². The first-order valence-electron chi connectivity index (χ1n) is 5.89. The minimum absolute atomic E-state index is 0.225. The van der Waals surface area contributed by atoms with Crippen LogP contribution in [0.25, 0.3) is 0 Å². The average molecular weight is 224 g/mol. The molecule has 0 unspecified atom stereocenters. The quantitative estimate of drug-likeness (QED) is 0.820. The lowest BCUT2D eigenvalue weighted by Gasteiger charge is -2.34. The molecule has 1 fully saturated rings. The summed E-state index contributed by atoms with van der Waals surface area (Å²) in [6.07, 6.45) is 1.50. The zero-order valence-corrected chi connectivity index (χ0v) is 9.80. The van der Waals surface area contributed by atoms with Gasteiger partial charge in [0.15, 0.2) is 0 Å². The van der Waals surface area contributed by atoms with E-state index >= 15 is 0 Å². The average Bonchev–Trinajstić information content (AvgIpc) is 2.73. The van der Waals surface area contributed by atoms with Crippen molar-refractivity contribution in [1.82, 2.24) is 9.80 Å². The molecule has 0 bridgehead atoms. The molecular formula is C12H20N2O2. The van der Waals surface area contributed by atoms with Crippen LogP contribution >= 0.6 is 0 Å². The van der Waals surface area contributed by atoms with Gasteiger partial charge in [-0.25, -0.2) is 0 Å². The molecule has 1 aliphatic rings. The molecule has 1 aliphatic heterocycles. The second kappa shape index (κ2) is 5.48. The molecule has 4 heteroatoms. The van der Waals surface area contributed by atoms with Crippen LogP contribution in [0.4, 0.5) is 0 Å². The number of β-amino-alcohol motifs (C(OH)–C–C–N with tert-alkyl or cyclic N) is 1. The van der Waals surface area contributed by atoms with Crippen molar-refractivity contribution in [1.29, 1.82) is 0 Å². The van der Waals surface area contributed by atoms with E-state index in [1.807, 2.05) is 19.1 Å². The highest BCUT2D eigenvalue weighted by Gasteiger charge is 2.18. The van der Waals surface area contributed by atoms with Crippen molar-refractivity contribution in [3.63, 3.8) is 0 Å². The Morgan fingerprint density at radius 2 is 2.00 bits per heavy atom. The minimum Gasteiger partial charge on any atom is -0.468 e. The van der Waals surface area contributed by atoms with Gasteiger partial charge in [0.25, 0.3) is 0 Å². The van der Waals surface area contributed by atoms with E-state index in [0.29, 0.717) is 0 Å². The van der Waals surface area contributed by atoms with Gasteiger partial charge in [0, 0.05) is 32.7 Å². The Labute approximate surface area is 96.5 Å². The van der Waals surface area contributed by atoms with Gasteiger partial charge in [-0.1, -0.05) is 0 Å². The molecule has 2 heterocycles. The zero-order chi connectivity index (χ0) is 11.4. The number of hydrogen-bond donors (Lipinski definition) is 1. The van der Waals surface area contributed by atoms with Gasteiger partial charge in [-0.3, -0.25) is 9.80 Å². The van der Waals surface area contributed by atoms with Crippen molar-refractivity contribution in [2.75, 3.05) is 32.7 Å². The van der Waals surface area contributed by atoms with E-state index in [2.05, 4.69) is 9.80 Å². The maximum absolute atomic E-state index is 9.31. The Morgan fingerprint density at radius 3 is 2.56 bits per heavy atom. The summed E-state index contributed by atoms with van der Waals surface area (Å²) in [6, 6.07) is 3.95. The number of furan rings is 1. The summed E-state index contributed by atoms with van der Waals surface area (Å²) in [5.41, 5.74) is 0. The zero-order valence-electron chi connectivity index (χ0n) is 9.80. The van der Waals surface area contributed by atoms with Crippen LogP contribution < -0.4 is 0 Å². The topological polar surface area (TPSA) is 39.9 Å². The summed E-state index contributed by atoms with van der Waals surface area (Å²) in [4.78, 5) is 4.70. The van der Waals surface area contributed by atoms with Crippen LogP contribution in [0.5, 0.6) is 0 Å². The van der Waals surface area contributed by atoms with Crippen LogP contribution in [0.1, 0.15) is 12.7 Å². The SMILES string of the molecule is C[C@H](O)CN1CCN(Cc2ccco2)CC1. The van der Waals surface area contributed by atoms with E-state index < -0.39 is 0 Å². The molecule has 0 spiro atoms. The molecular weight excluding hydrogens is 204 g/mol. The Morgan fingerprint density at radius 1 is 1.31 bits per heavy atom. The molecule has 0 aliphatic carbocycles. The van der Waals surface area contributed by atoms with Crippen molar-refractivity contribution >= 4 is 0 Å². The van der Waals surface area contributed by atoms with Crippen LogP contribution in [-0.2, 0) is 6.54 Å². The van der Waals surface area contributed by atoms with Gasteiger partial charge in [0.05, 0.1) is 18.9 Å². The number of aliphatic hydroxyl groups excluding tert-OH is 1. The fourth-order valence-corrected chi connectivity index (χ4v) is 2.13. The lowest BCUT2D eigenvalue weighted by atomic mass is 10.2. The van der Waals surface area contributed by atoms with Crippen molar-refractivity contribution in [2.24, 2.45) is 0 Å². The van der Waals surface area contributed by atoms with Gasteiger partial charge in [0.2, 0.25) is 0 Å². The standard InChI is InChI=1S/C12H20N2O2/c1-11(15)9-13-4-6-14(7-5-13)10-12-3-2-8-16-12/h2-3,8,11,15H,4-7,9-10H2,1H3/t11-/m0/s1. The molecule has 1 atom stereocenters.